The van der Waals surface area contributed by atoms with Gasteiger partial charge in [0.05, 0.1) is 6.61 Å². The molecule has 2 rings (SSSR count). The van der Waals surface area contributed by atoms with Gasteiger partial charge in [-0.2, -0.15) is 13.3 Å². The van der Waals surface area contributed by atoms with E-state index >= 15 is 0 Å². The number of hydrogen-bond acceptors (Lipinski definition) is 6. The molecule has 0 radical (unpaired) electrons. The molecular weight excluding hydrogens is 350 g/mol. The molecule has 0 bridgehead atoms. The normalized spacial score (nSPS) is 11.2. The van der Waals surface area contributed by atoms with Crippen molar-refractivity contribution in [3.8, 4) is 11.5 Å². The summed E-state index contributed by atoms with van der Waals surface area (Å²) in [6.07, 6.45) is 1.22. The van der Waals surface area contributed by atoms with Crippen molar-refractivity contribution in [2.24, 2.45) is 0 Å². The number of ether oxygens (including phenoxy) is 2. The summed E-state index contributed by atoms with van der Waals surface area (Å²) in [5.41, 5.74) is 0.790. The standard InChI is InChI=1S/C16H20F2N4O4/c1-4-25-14-7-12(5-6-13(14)26-16(17)18)9-20(3)10-21-11(2)19-8-15(21)22(23)24/h5-8,16H,4,9-10H2,1-3H3. The van der Waals surface area contributed by atoms with Crippen LogP contribution < -0.4 is 9.47 Å². The first kappa shape index (κ1) is 19.6. The Morgan fingerprint density at radius 1 is 1.38 bits per heavy atom. The van der Waals surface area contributed by atoms with Crippen LogP contribution in [0, 0.1) is 17.0 Å². The van der Waals surface area contributed by atoms with Crippen LogP contribution in [-0.2, 0) is 13.2 Å². The Bertz CT molecular complexity index is 767. The van der Waals surface area contributed by atoms with Gasteiger partial charge in [-0.05, 0) is 36.6 Å². The molecule has 1 aromatic heterocycles. The zero-order valence-electron chi connectivity index (χ0n) is 14.7. The fraction of sp³-hybridized carbons (Fsp3) is 0.438. The third-order valence-corrected chi connectivity index (χ3v) is 3.58. The number of aromatic nitrogens is 2. The number of aryl methyl sites for hydroxylation is 1. The Labute approximate surface area is 149 Å². The quantitative estimate of drug-likeness (QED) is 0.498. The molecule has 0 fully saturated rings. The van der Waals surface area contributed by atoms with Crippen LogP contribution in [0.1, 0.15) is 18.3 Å². The van der Waals surface area contributed by atoms with Crippen molar-refractivity contribution in [1.82, 2.24) is 14.5 Å². The van der Waals surface area contributed by atoms with Gasteiger partial charge in [-0.1, -0.05) is 6.07 Å². The number of hydrogen-bond donors (Lipinski definition) is 0. The second-order valence-corrected chi connectivity index (χ2v) is 5.60. The molecule has 0 atom stereocenters. The summed E-state index contributed by atoms with van der Waals surface area (Å²) in [6.45, 7) is 1.47. The molecule has 0 spiro atoms. The lowest BCUT2D eigenvalue weighted by Crippen LogP contribution is -2.23. The summed E-state index contributed by atoms with van der Waals surface area (Å²) in [4.78, 5) is 16.4. The van der Waals surface area contributed by atoms with Crippen LogP contribution in [-0.4, -0.2) is 39.6 Å². The van der Waals surface area contributed by atoms with E-state index in [1.807, 2.05) is 4.90 Å². The van der Waals surface area contributed by atoms with E-state index in [1.54, 1.807) is 33.0 Å². The molecule has 0 aliphatic heterocycles. The molecule has 0 amide bonds. The topological polar surface area (TPSA) is 82.7 Å². The Balaban J connectivity index is 2.13. The minimum absolute atomic E-state index is 0.0330. The molecule has 0 saturated heterocycles. The van der Waals surface area contributed by atoms with E-state index in [0.717, 1.165) is 5.56 Å². The number of imidazole rings is 1. The SMILES string of the molecule is CCOc1cc(CN(C)Cn2c([N+](=O)[O-])cnc2C)ccc1OC(F)F. The van der Waals surface area contributed by atoms with Crippen LogP contribution >= 0.6 is 0 Å². The minimum Gasteiger partial charge on any atom is -0.490 e. The Hall–Kier alpha value is -2.75. The molecule has 142 valence electrons. The Kier molecular flexibility index (Phi) is 6.45. The predicted octanol–water partition coefficient (Wildman–Crippen LogP) is 3.19. The minimum atomic E-state index is -2.94. The van der Waals surface area contributed by atoms with E-state index in [9.17, 15) is 18.9 Å². The average molecular weight is 370 g/mol. The zero-order chi connectivity index (χ0) is 19.3. The number of nitro groups is 1. The Morgan fingerprint density at radius 2 is 2.12 bits per heavy atom. The maximum atomic E-state index is 12.5. The number of nitrogens with zero attached hydrogens (tertiary/aromatic N) is 4. The monoisotopic (exact) mass is 370 g/mol. The summed E-state index contributed by atoms with van der Waals surface area (Å²) in [5.74, 6) is 0.627. The highest BCUT2D eigenvalue weighted by atomic mass is 19.3. The van der Waals surface area contributed by atoms with Crippen molar-refractivity contribution in [2.75, 3.05) is 13.7 Å². The molecule has 0 N–H and O–H groups in total. The lowest BCUT2D eigenvalue weighted by Gasteiger charge is -2.17. The molecular formula is C16H20F2N4O4. The summed E-state index contributed by atoms with van der Waals surface area (Å²) < 4.78 is 36.2. The molecule has 0 saturated carbocycles. The predicted molar refractivity (Wildman–Crippen MR) is 89.3 cm³/mol. The van der Waals surface area contributed by atoms with Crippen molar-refractivity contribution in [1.29, 1.82) is 0 Å². The molecule has 2 aromatic rings. The van der Waals surface area contributed by atoms with Crippen LogP contribution in [0.25, 0.3) is 0 Å². The fourth-order valence-corrected chi connectivity index (χ4v) is 2.49. The van der Waals surface area contributed by atoms with E-state index < -0.39 is 11.5 Å². The first-order valence-electron chi connectivity index (χ1n) is 7.87. The molecule has 8 nitrogen and oxygen atoms in total. The Morgan fingerprint density at radius 3 is 2.73 bits per heavy atom. The summed E-state index contributed by atoms with van der Waals surface area (Å²) in [7, 11) is 1.78. The van der Waals surface area contributed by atoms with Crippen molar-refractivity contribution < 1.29 is 23.2 Å². The van der Waals surface area contributed by atoms with E-state index in [2.05, 4.69) is 9.72 Å². The highest BCUT2D eigenvalue weighted by Gasteiger charge is 2.19. The maximum absolute atomic E-state index is 12.5. The van der Waals surface area contributed by atoms with Crippen LogP contribution in [0.15, 0.2) is 24.4 Å². The highest BCUT2D eigenvalue weighted by molar-refractivity contribution is 5.43. The highest BCUT2D eigenvalue weighted by Crippen LogP contribution is 2.30. The van der Waals surface area contributed by atoms with Crippen LogP contribution in [0.3, 0.4) is 0 Å². The fourth-order valence-electron chi connectivity index (χ4n) is 2.49. The third kappa shape index (κ3) is 4.88. The first-order chi connectivity index (χ1) is 12.3. The van der Waals surface area contributed by atoms with Gasteiger partial charge in [0, 0.05) is 13.5 Å². The number of benzene rings is 1. The van der Waals surface area contributed by atoms with Gasteiger partial charge in [0.25, 0.3) is 0 Å². The smallest absolute Gasteiger partial charge is 0.387 e. The first-order valence-corrected chi connectivity index (χ1v) is 7.87. The molecule has 0 aliphatic rings. The summed E-state index contributed by atoms with van der Waals surface area (Å²) in [5, 5.41) is 11.1. The zero-order valence-corrected chi connectivity index (χ0v) is 14.7. The summed E-state index contributed by atoms with van der Waals surface area (Å²) in [6, 6.07) is 4.68. The van der Waals surface area contributed by atoms with Gasteiger partial charge in [-0.3, -0.25) is 4.90 Å². The van der Waals surface area contributed by atoms with E-state index in [-0.39, 0.29) is 24.0 Å². The van der Waals surface area contributed by atoms with Crippen molar-refractivity contribution in [3.05, 3.63) is 45.9 Å². The summed E-state index contributed by atoms with van der Waals surface area (Å²) >= 11 is 0. The van der Waals surface area contributed by atoms with Gasteiger partial charge < -0.3 is 19.6 Å². The number of rotatable bonds is 9. The van der Waals surface area contributed by atoms with Crippen LogP contribution in [0.2, 0.25) is 0 Å². The largest absolute Gasteiger partial charge is 0.490 e. The maximum Gasteiger partial charge on any atom is 0.387 e. The molecule has 26 heavy (non-hydrogen) atoms. The van der Waals surface area contributed by atoms with Gasteiger partial charge in [-0.15, -0.1) is 0 Å². The van der Waals surface area contributed by atoms with Gasteiger partial charge in [0.2, 0.25) is 0 Å². The molecule has 10 heteroatoms. The van der Waals surface area contributed by atoms with Gasteiger partial charge >= 0.3 is 12.4 Å². The molecule has 0 unspecified atom stereocenters. The van der Waals surface area contributed by atoms with Crippen molar-refractivity contribution >= 4 is 5.82 Å². The average Bonchev–Trinajstić information content (AvgIpc) is 2.91. The van der Waals surface area contributed by atoms with E-state index in [4.69, 9.17) is 4.74 Å². The van der Waals surface area contributed by atoms with Gasteiger partial charge in [0.1, 0.15) is 12.9 Å². The molecule has 0 aliphatic carbocycles. The lowest BCUT2D eigenvalue weighted by atomic mass is 10.2. The third-order valence-electron chi connectivity index (χ3n) is 3.58. The van der Waals surface area contributed by atoms with Gasteiger partial charge in [0.15, 0.2) is 17.3 Å². The number of halogens is 2. The van der Waals surface area contributed by atoms with Crippen molar-refractivity contribution in [3.63, 3.8) is 0 Å². The van der Waals surface area contributed by atoms with Crippen molar-refractivity contribution in [2.45, 2.75) is 33.7 Å². The van der Waals surface area contributed by atoms with E-state index in [0.29, 0.717) is 19.0 Å². The van der Waals surface area contributed by atoms with Crippen LogP contribution in [0.5, 0.6) is 11.5 Å². The number of alkyl halides is 2. The molecule has 1 aromatic carbocycles. The lowest BCUT2D eigenvalue weighted by molar-refractivity contribution is -0.392. The van der Waals surface area contributed by atoms with E-state index in [1.165, 1.54) is 16.8 Å². The second-order valence-electron chi connectivity index (χ2n) is 5.60. The van der Waals surface area contributed by atoms with Crippen LogP contribution in [0.4, 0.5) is 14.6 Å². The molecule has 1 heterocycles. The van der Waals surface area contributed by atoms with Gasteiger partial charge in [-0.25, -0.2) is 4.98 Å². The second kappa shape index (κ2) is 8.56.